The Kier molecular flexibility index (Phi) is 4.76. The molecule has 20 heavy (non-hydrogen) atoms. The fourth-order valence-electron chi connectivity index (χ4n) is 1.67. The summed E-state index contributed by atoms with van der Waals surface area (Å²) < 4.78 is 0. The van der Waals surface area contributed by atoms with Crippen LogP contribution in [-0.4, -0.2) is 5.91 Å². The highest BCUT2D eigenvalue weighted by Gasteiger charge is 2.07. The molecule has 0 bridgehead atoms. The van der Waals surface area contributed by atoms with E-state index in [9.17, 15) is 4.79 Å². The van der Waals surface area contributed by atoms with Gasteiger partial charge in [-0.2, -0.15) is 0 Å². The molecule has 0 aliphatic carbocycles. The van der Waals surface area contributed by atoms with E-state index in [0.29, 0.717) is 27.2 Å². The van der Waals surface area contributed by atoms with Gasteiger partial charge in [0.15, 0.2) is 0 Å². The molecule has 0 aliphatic rings. The summed E-state index contributed by atoms with van der Waals surface area (Å²) in [5.41, 5.74) is 7.16. The van der Waals surface area contributed by atoms with Crippen LogP contribution in [-0.2, 0) is 6.54 Å². The number of nitrogens with one attached hydrogen (secondary N) is 1. The van der Waals surface area contributed by atoms with Gasteiger partial charge in [-0.25, -0.2) is 0 Å². The minimum absolute atomic E-state index is 0.378. The zero-order chi connectivity index (χ0) is 14.7. The van der Waals surface area contributed by atoms with Crippen molar-refractivity contribution in [2.75, 3.05) is 5.32 Å². The first kappa shape index (κ1) is 15.0. The second-order valence-corrected chi connectivity index (χ2v) is 5.40. The van der Waals surface area contributed by atoms with Gasteiger partial charge in [0.1, 0.15) is 0 Å². The van der Waals surface area contributed by atoms with Gasteiger partial charge in [0.2, 0.25) is 5.91 Å². The van der Waals surface area contributed by atoms with Crippen LogP contribution in [0.5, 0.6) is 0 Å². The lowest BCUT2D eigenvalue weighted by Gasteiger charge is -2.10. The van der Waals surface area contributed by atoms with E-state index in [1.54, 1.807) is 36.4 Å². The standard InChI is InChI=1S/C14H11Cl3N2O/c15-10-3-4-13(12(17)6-10)19-7-9-2-1-8(14(18)20)5-11(9)16/h1-6,19H,7H2,(H2,18,20). The molecule has 0 spiro atoms. The number of amides is 1. The minimum Gasteiger partial charge on any atom is -0.380 e. The second-order valence-electron chi connectivity index (χ2n) is 4.15. The highest BCUT2D eigenvalue weighted by atomic mass is 35.5. The number of primary amides is 1. The molecule has 0 aliphatic heterocycles. The molecule has 0 saturated carbocycles. The number of anilines is 1. The summed E-state index contributed by atoms with van der Waals surface area (Å²) in [7, 11) is 0. The molecule has 0 radical (unpaired) electrons. The predicted molar refractivity (Wildman–Crippen MR) is 83.8 cm³/mol. The van der Waals surface area contributed by atoms with E-state index < -0.39 is 5.91 Å². The minimum atomic E-state index is -0.507. The molecule has 3 N–H and O–H groups in total. The highest BCUT2D eigenvalue weighted by Crippen LogP contribution is 2.26. The molecule has 3 nitrogen and oxygen atoms in total. The number of carbonyl (C=O) groups is 1. The third-order valence-electron chi connectivity index (χ3n) is 2.74. The van der Waals surface area contributed by atoms with Gasteiger partial charge >= 0.3 is 0 Å². The quantitative estimate of drug-likeness (QED) is 0.875. The Morgan fingerprint density at radius 3 is 2.40 bits per heavy atom. The van der Waals surface area contributed by atoms with Crippen LogP contribution in [0.4, 0.5) is 5.69 Å². The van der Waals surface area contributed by atoms with Crippen molar-refractivity contribution in [3.63, 3.8) is 0 Å². The summed E-state index contributed by atoms with van der Waals surface area (Å²) in [5, 5.41) is 4.73. The Labute approximate surface area is 131 Å². The van der Waals surface area contributed by atoms with Crippen LogP contribution in [0.3, 0.4) is 0 Å². The number of nitrogens with two attached hydrogens (primary N) is 1. The summed E-state index contributed by atoms with van der Waals surface area (Å²) >= 11 is 18.0. The maximum absolute atomic E-state index is 11.0. The summed E-state index contributed by atoms with van der Waals surface area (Å²) in [6.07, 6.45) is 0. The first-order valence-corrected chi connectivity index (χ1v) is 6.88. The summed E-state index contributed by atoms with van der Waals surface area (Å²) in [6, 6.07) is 10.1. The Morgan fingerprint density at radius 2 is 1.80 bits per heavy atom. The maximum atomic E-state index is 11.0. The molecule has 6 heteroatoms. The summed E-state index contributed by atoms with van der Waals surface area (Å²) in [6.45, 7) is 0.471. The van der Waals surface area contributed by atoms with Crippen molar-refractivity contribution in [3.05, 3.63) is 62.6 Å². The SMILES string of the molecule is NC(=O)c1ccc(CNc2ccc(Cl)cc2Cl)c(Cl)c1. The van der Waals surface area contributed by atoms with Crippen LogP contribution in [0.2, 0.25) is 15.1 Å². The molecule has 104 valence electrons. The van der Waals surface area contributed by atoms with Gasteiger partial charge in [-0.15, -0.1) is 0 Å². The van der Waals surface area contributed by atoms with E-state index in [1.165, 1.54) is 0 Å². The molecule has 0 saturated heterocycles. The van der Waals surface area contributed by atoms with Crippen LogP contribution >= 0.6 is 34.8 Å². The Hall–Kier alpha value is -1.42. The first-order valence-electron chi connectivity index (χ1n) is 5.74. The number of hydrogen-bond donors (Lipinski definition) is 2. The summed E-state index contributed by atoms with van der Waals surface area (Å²) in [4.78, 5) is 11.0. The molecule has 0 fully saturated rings. The van der Waals surface area contributed by atoms with E-state index >= 15 is 0 Å². The van der Waals surface area contributed by atoms with Gasteiger partial charge in [-0.1, -0.05) is 40.9 Å². The third kappa shape index (κ3) is 3.57. The Bertz CT molecular complexity index is 659. The van der Waals surface area contributed by atoms with Gasteiger partial charge in [-0.3, -0.25) is 4.79 Å². The molecule has 0 heterocycles. The van der Waals surface area contributed by atoms with E-state index in [1.807, 2.05) is 0 Å². The Balaban J connectivity index is 2.13. The van der Waals surface area contributed by atoms with Crippen LogP contribution in [0.1, 0.15) is 15.9 Å². The number of rotatable bonds is 4. The molecule has 0 unspecified atom stereocenters. The van der Waals surface area contributed by atoms with E-state index in [0.717, 1.165) is 11.3 Å². The largest absolute Gasteiger partial charge is 0.380 e. The zero-order valence-corrected chi connectivity index (χ0v) is 12.6. The second kappa shape index (κ2) is 6.35. The zero-order valence-electron chi connectivity index (χ0n) is 10.3. The predicted octanol–water partition coefficient (Wildman–Crippen LogP) is 4.36. The van der Waals surface area contributed by atoms with Crippen LogP contribution in [0.15, 0.2) is 36.4 Å². The van der Waals surface area contributed by atoms with Gasteiger partial charge in [0, 0.05) is 22.2 Å². The van der Waals surface area contributed by atoms with Crippen LogP contribution in [0.25, 0.3) is 0 Å². The molecule has 2 aromatic carbocycles. The van der Waals surface area contributed by atoms with Crippen molar-refractivity contribution in [3.8, 4) is 0 Å². The normalized spacial score (nSPS) is 10.3. The van der Waals surface area contributed by atoms with Crippen molar-refractivity contribution in [2.45, 2.75) is 6.54 Å². The van der Waals surface area contributed by atoms with E-state index in [-0.39, 0.29) is 0 Å². The van der Waals surface area contributed by atoms with Gasteiger partial charge in [0.25, 0.3) is 0 Å². The van der Waals surface area contributed by atoms with Crippen molar-refractivity contribution in [2.24, 2.45) is 5.73 Å². The fourth-order valence-corrected chi connectivity index (χ4v) is 2.39. The number of carbonyl (C=O) groups excluding carboxylic acids is 1. The van der Waals surface area contributed by atoms with Crippen LogP contribution < -0.4 is 11.1 Å². The Morgan fingerprint density at radius 1 is 1.05 bits per heavy atom. The van der Waals surface area contributed by atoms with Crippen molar-refractivity contribution < 1.29 is 4.79 Å². The van der Waals surface area contributed by atoms with E-state index in [2.05, 4.69) is 5.32 Å². The summed E-state index contributed by atoms with van der Waals surface area (Å²) in [5.74, 6) is -0.507. The molecular formula is C14H11Cl3N2O. The molecule has 0 aromatic heterocycles. The maximum Gasteiger partial charge on any atom is 0.248 e. The molecule has 2 rings (SSSR count). The number of benzene rings is 2. The fraction of sp³-hybridized carbons (Fsp3) is 0.0714. The lowest BCUT2D eigenvalue weighted by molar-refractivity contribution is 0.100. The average molecular weight is 330 g/mol. The molecule has 0 atom stereocenters. The van der Waals surface area contributed by atoms with Crippen LogP contribution in [0, 0.1) is 0 Å². The number of halogens is 3. The monoisotopic (exact) mass is 328 g/mol. The average Bonchev–Trinajstić information content (AvgIpc) is 2.38. The molecule has 2 aromatic rings. The van der Waals surface area contributed by atoms with Crippen molar-refractivity contribution in [1.29, 1.82) is 0 Å². The lowest BCUT2D eigenvalue weighted by Crippen LogP contribution is -2.11. The smallest absolute Gasteiger partial charge is 0.248 e. The van der Waals surface area contributed by atoms with E-state index in [4.69, 9.17) is 40.5 Å². The van der Waals surface area contributed by atoms with Crippen molar-refractivity contribution in [1.82, 2.24) is 0 Å². The molecule has 1 amide bonds. The van der Waals surface area contributed by atoms with Crippen molar-refractivity contribution >= 4 is 46.4 Å². The topological polar surface area (TPSA) is 55.1 Å². The van der Waals surface area contributed by atoms with Gasteiger partial charge < -0.3 is 11.1 Å². The molecular weight excluding hydrogens is 319 g/mol. The first-order chi connectivity index (χ1) is 9.47. The van der Waals surface area contributed by atoms with Gasteiger partial charge in [0.05, 0.1) is 10.7 Å². The third-order valence-corrected chi connectivity index (χ3v) is 3.64. The van der Waals surface area contributed by atoms with Gasteiger partial charge in [-0.05, 0) is 35.9 Å². The number of hydrogen-bond acceptors (Lipinski definition) is 2. The lowest BCUT2D eigenvalue weighted by atomic mass is 10.1. The highest BCUT2D eigenvalue weighted by molar-refractivity contribution is 6.36.